The van der Waals surface area contributed by atoms with E-state index in [2.05, 4.69) is 10.0 Å². The van der Waals surface area contributed by atoms with Crippen molar-refractivity contribution in [3.8, 4) is 0 Å². The van der Waals surface area contributed by atoms with E-state index < -0.39 is 16.1 Å². The van der Waals surface area contributed by atoms with E-state index in [0.717, 1.165) is 0 Å². The number of carbonyl (C=O) groups is 2. The molecule has 2 aromatic carbocycles. The third kappa shape index (κ3) is 6.14. The third-order valence-electron chi connectivity index (χ3n) is 4.42. The first kappa shape index (κ1) is 23.6. The number of hydrogen-bond donors (Lipinski definition) is 2. The highest BCUT2D eigenvalue weighted by molar-refractivity contribution is 7.89. The summed E-state index contributed by atoms with van der Waals surface area (Å²) >= 11 is 0. The molecule has 162 valence electrons. The van der Waals surface area contributed by atoms with Gasteiger partial charge in [-0.25, -0.2) is 13.1 Å². The normalized spacial score (nSPS) is 12.4. The van der Waals surface area contributed by atoms with Gasteiger partial charge in [0.2, 0.25) is 15.9 Å². The number of nitrogens with one attached hydrogen (secondary N) is 2. The summed E-state index contributed by atoms with van der Waals surface area (Å²) in [5.74, 6) is -0.614. The van der Waals surface area contributed by atoms with Crippen LogP contribution in [0.15, 0.2) is 59.5 Å². The molecule has 30 heavy (non-hydrogen) atoms. The van der Waals surface area contributed by atoms with Gasteiger partial charge in [0.25, 0.3) is 5.91 Å². The van der Waals surface area contributed by atoms with Gasteiger partial charge in [-0.05, 0) is 63.6 Å². The van der Waals surface area contributed by atoms with Crippen molar-refractivity contribution in [2.45, 2.75) is 51.1 Å². The van der Waals surface area contributed by atoms with Gasteiger partial charge in [0, 0.05) is 23.8 Å². The number of hydrogen-bond acceptors (Lipinski definition) is 4. The number of para-hydroxylation sites is 1. The van der Waals surface area contributed by atoms with Crippen molar-refractivity contribution in [3.05, 3.63) is 60.2 Å². The molecule has 8 heteroatoms. The van der Waals surface area contributed by atoms with Crippen molar-refractivity contribution in [1.82, 2.24) is 9.62 Å². The second kappa shape index (κ2) is 10.4. The molecule has 0 aliphatic rings. The fourth-order valence-electron chi connectivity index (χ4n) is 2.94. The van der Waals surface area contributed by atoms with Crippen LogP contribution in [0, 0.1) is 0 Å². The van der Waals surface area contributed by atoms with Gasteiger partial charge in [-0.2, -0.15) is 0 Å². The summed E-state index contributed by atoms with van der Waals surface area (Å²) in [5.41, 5.74) is 0.983. The molecule has 0 aliphatic carbocycles. The van der Waals surface area contributed by atoms with Crippen molar-refractivity contribution in [2.75, 3.05) is 11.9 Å². The summed E-state index contributed by atoms with van der Waals surface area (Å²) in [7, 11) is -3.64. The van der Waals surface area contributed by atoms with Crippen LogP contribution in [0.25, 0.3) is 0 Å². The standard InChI is InChI=1S/C22H29N3O4S/c1-5-15-25(17(4)21(26)23-19-9-7-6-8-10-19)22(27)18-11-13-20(14-12-18)30(28,29)24-16(2)3/h6-14,16-17,24H,5,15H2,1-4H3,(H,23,26). The van der Waals surface area contributed by atoms with Crippen molar-refractivity contribution in [2.24, 2.45) is 0 Å². The van der Waals surface area contributed by atoms with Crippen molar-refractivity contribution >= 4 is 27.5 Å². The van der Waals surface area contributed by atoms with Crippen LogP contribution in [0.5, 0.6) is 0 Å². The predicted molar refractivity (Wildman–Crippen MR) is 118 cm³/mol. The van der Waals surface area contributed by atoms with Crippen LogP contribution in [0.2, 0.25) is 0 Å². The number of nitrogens with zero attached hydrogens (tertiary/aromatic N) is 1. The molecule has 0 radical (unpaired) electrons. The fourth-order valence-corrected chi connectivity index (χ4v) is 4.19. The van der Waals surface area contributed by atoms with Crippen LogP contribution in [-0.4, -0.2) is 43.8 Å². The van der Waals surface area contributed by atoms with Gasteiger partial charge < -0.3 is 10.2 Å². The first-order valence-corrected chi connectivity index (χ1v) is 11.4. The van der Waals surface area contributed by atoms with Crippen LogP contribution in [0.1, 0.15) is 44.5 Å². The van der Waals surface area contributed by atoms with E-state index in [9.17, 15) is 18.0 Å². The number of benzene rings is 2. The maximum atomic E-state index is 13.1. The molecule has 0 spiro atoms. The van der Waals surface area contributed by atoms with Gasteiger partial charge in [-0.3, -0.25) is 9.59 Å². The lowest BCUT2D eigenvalue weighted by Crippen LogP contribution is -2.46. The summed E-state index contributed by atoms with van der Waals surface area (Å²) in [6.07, 6.45) is 0.680. The Morgan fingerprint density at radius 2 is 1.57 bits per heavy atom. The molecule has 0 aliphatic heterocycles. The molecule has 1 unspecified atom stereocenters. The zero-order valence-electron chi connectivity index (χ0n) is 17.8. The lowest BCUT2D eigenvalue weighted by molar-refractivity contribution is -0.120. The summed E-state index contributed by atoms with van der Waals surface area (Å²) in [4.78, 5) is 27.3. The van der Waals surface area contributed by atoms with Gasteiger partial charge >= 0.3 is 0 Å². The zero-order valence-corrected chi connectivity index (χ0v) is 18.6. The average Bonchev–Trinajstić information content (AvgIpc) is 2.71. The number of sulfonamides is 1. The van der Waals surface area contributed by atoms with E-state index in [1.165, 1.54) is 29.2 Å². The van der Waals surface area contributed by atoms with Crippen molar-refractivity contribution in [1.29, 1.82) is 0 Å². The fraction of sp³-hybridized carbons (Fsp3) is 0.364. The highest BCUT2D eigenvalue weighted by Crippen LogP contribution is 2.16. The minimum atomic E-state index is -3.64. The molecule has 7 nitrogen and oxygen atoms in total. The molecule has 2 aromatic rings. The first-order chi connectivity index (χ1) is 14.2. The number of anilines is 1. The minimum Gasteiger partial charge on any atom is -0.327 e. The first-order valence-electron chi connectivity index (χ1n) is 9.95. The summed E-state index contributed by atoms with van der Waals surface area (Å²) in [6.45, 7) is 7.48. The molecular weight excluding hydrogens is 402 g/mol. The number of rotatable bonds is 9. The third-order valence-corrected chi connectivity index (χ3v) is 6.09. The lowest BCUT2D eigenvalue weighted by atomic mass is 10.1. The second-order valence-electron chi connectivity index (χ2n) is 7.33. The van der Waals surface area contributed by atoms with Gasteiger partial charge in [0.15, 0.2) is 0 Å². The van der Waals surface area contributed by atoms with Crippen LogP contribution < -0.4 is 10.0 Å². The molecule has 0 bridgehead atoms. The largest absolute Gasteiger partial charge is 0.327 e. The Labute approximate surface area is 178 Å². The second-order valence-corrected chi connectivity index (χ2v) is 9.04. The van der Waals surface area contributed by atoms with Crippen molar-refractivity contribution < 1.29 is 18.0 Å². The molecule has 1 atom stereocenters. The van der Waals surface area contributed by atoms with Crippen LogP contribution in [0.3, 0.4) is 0 Å². The highest BCUT2D eigenvalue weighted by Gasteiger charge is 2.26. The Morgan fingerprint density at radius 3 is 2.10 bits per heavy atom. The minimum absolute atomic E-state index is 0.0876. The van der Waals surface area contributed by atoms with Crippen LogP contribution >= 0.6 is 0 Å². The molecule has 2 amide bonds. The molecular formula is C22H29N3O4S. The maximum Gasteiger partial charge on any atom is 0.254 e. The average molecular weight is 432 g/mol. The summed E-state index contributed by atoms with van der Waals surface area (Å²) in [6, 6.07) is 13.9. The van der Waals surface area contributed by atoms with Crippen LogP contribution in [0.4, 0.5) is 5.69 Å². The van der Waals surface area contributed by atoms with E-state index in [0.29, 0.717) is 24.2 Å². The SMILES string of the molecule is CCCN(C(=O)c1ccc(S(=O)(=O)NC(C)C)cc1)C(C)C(=O)Nc1ccccc1. The maximum absolute atomic E-state index is 13.1. The molecule has 0 fully saturated rings. The van der Waals surface area contributed by atoms with Crippen LogP contribution in [-0.2, 0) is 14.8 Å². The quantitative estimate of drug-likeness (QED) is 0.637. The summed E-state index contributed by atoms with van der Waals surface area (Å²) < 4.78 is 27.1. The molecule has 0 aromatic heterocycles. The van der Waals surface area contributed by atoms with Gasteiger partial charge in [-0.1, -0.05) is 25.1 Å². The lowest BCUT2D eigenvalue weighted by Gasteiger charge is -2.28. The summed E-state index contributed by atoms with van der Waals surface area (Å²) in [5, 5.41) is 2.81. The Balaban J connectivity index is 2.19. The number of carbonyl (C=O) groups excluding carboxylic acids is 2. The molecule has 2 N–H and O–H groups in total. The highest BCUT2D eigenvalue weighted by atomic mass is 32.2. The Kier molecular flexibility index (Phi) is 8.14. The van der Waals surface area contributed by atoms with Gasteiger partial charge in [-0.15, -0.1) is 0 Å². The Hall–Kier alpha value is -2.71. The smallest absolute Gasteiger partial charge is 0.254 e. The zero-order chi connectivity index (χ0) is 22.3. The number of amides is 2. The van der Waals surface area contributed by atoms with E-state index in [4.69, 9.17) is 0 Å². The van der Waals surface area contributed by atoms with Gasteiger partial charge in [0.1, 0.15) is 6.04 Å². The van der Waals surface area contributed by atoms with E-state index in [-0.39, 0.29) is 22.8 Å². The van der Waals surface area contributed by atoms with Gasteiger partial charge in [0.05, 0.1) is 4.90 Å². The topological polar surface area (TPSA) is 95.6 Å². The van der Waals surface area contributed by atoms with Crippen molar-refractivity contribution in [3.63, 3.8) is 0 Å². The predicted octanol–water partition coefficient (Wildman–Crippen LogP) is 3.25. The Morgan fingerprint density at radius 1 is 0.967 bits per heavy atom. The molecule has 0 heterocycles. The van der Waals surface area contributed by atoms with E-state index in [1.807, 2.05) is 25.1 Å². The monoisotopic (exact) mass is 431 g/mol. The van der Waals surface area contributed by atoms with E-state index in [1.54, 1.807) is 32.9 Å². The molecule has 0 saturated carbocycles. The Bertz CT molecular complexity index is 958. The van der Waals surface area contributed by atoms with E-state index >= 15 is 0 Å². The molecule has 2 rings (SSSR count). The molecule has 0 saturated heterocycles.